The zero-order chi connectivity index (χ0) is 31.7. The van der Waals surface area contributed by atoms with Gasteiger partial charge >= 0.3 is 0 Å². The summed E-state index contributed by atoms with van der Waals surface area (Å²) in [6, 6.07) is 8.05. The first-order valence-electron chi connectivity index (χ1n) is 16.1. The van der Waals surface area contributed by atoms with E-state index in [1.165, 1.54) is 17.0 Å². The molecule has 7 rings (SSSR count). The summed E-state index contributed by atoms with van der Waals surface area (Å²) in [6.07, 6.45) is 5.09. The number of fused-ring (bicyclic) bond motifs is 9. The van der Waals surface area contributed by atoms with E-state index in [0.717, 1.165) is 19.4 Å². The van der Waals surface area contributed by atoms with Crippen LogP contribution < -0.4 is 10.9 Å². The molecule has 1 atom stereocenters. The van der Waals surface area contributed by atoms with Gasteiger partial charge in [0.15, 0.2) is 0 Å². The molecule has 4 aliphatic rings. The number of pyridine rings is 1. The van der Waals surface area contributed by atoms with Gasteiger partial charge in [-0.1, -0.05) is 18.2 Å². The summed E-state index contributed by atoms with van der Waals surface area (Å²) in [5, 5.41) is 3.97. The predicted octanol–water partition coefficient (Wildman–Crippen LogP) is 4.65. The average molecular weight is 641 g/mol. The SMILES string of the molecule is C[C@H]1Nc2ncnc3c2cc(C2CCS(=O)CC2)c(=O)n3CC(=O)N(C)CCCCN2CCC(CC2)C(F)(F)c2cccc1c2. The van der Waals surface area contributed by atoms with E-state index in [1.807, 2.05) is 19.1 Å². The number of benzene rings is 1. The highest BCUT2D eigenvalue weighted by molar-refractivity contribution is 7.85. The van der Waals surface area contributed by atoms with Crippen LogP contribution in [0.3, 0.4) is 0 Å². The fourth-order valence-corrected chi connectivity index (χ4v) is 8.29. The molecule has 242 valence electrons. The number of aromatic nitrogens is 3. The molecule has 9 nitrogen and oxygen atoms in total. The van der Waals surface area contributed by atoms with E-state index in [0.29, 0.717) is 84.8 Å². The molecule has 1 N–H and O–H groups in total. The number of likely N-dealkylation sites (N-methyl/N-ethyl adjacent to an activating group) is 1. The van der Waals surface area contributed by atoms with Crippen molar-refractivity contribution in [2.24, 2.45) is 5.92 Å². The number of hydrogen-bond acceptors (Lipinski definition) is 7. The molecule has 1 amide bonds. The molecule has 0 saturated carbocycles. The van der Waals surface area contributed by atoms with Crippen molar-refractivity contribution in [1.29, 1.82) is 0 Å². The standard InChI is InChI=1S/C33H42F2N6O3S/c1-22-24-6-5-7-26(18-24)33(34,35)25-8-14-40(15-9-25)13-4-3-12-39(2)29(42)20-41-31-28(30(38-22)36-21-37-31)19-27(32(41)43)23-10-16-45(44)17-11-23/h5-7,18-19,21-23,25H,3-4,8-17,20H2,1-2H3,(H,36,37,38)/t22-,23?,45?/m1/s1. The van der Waals surface area contributed by atoms with Crippen molar-refractivity contribution < 1.29 is 17.8 Å². The Hall–Kier alpha value is -3.25. The highest BCUT2D eigenvalue weighted by Gasteiger charge is 2.42. The first-order chi connectivity index (χ1) is 21.6. The molecule has 0 aliphatic carbocycles. The average Bonchev–Trinajstić information content (AvgIpc) is 3.04. The van der Waals surface area contributed by atoms with Crippen molar-refractivity contribution in [3.63, 3.8) is 0 Å². The molecule has 2 saturated heterocycles. The van der Waals surface area contributed by atoms with Crippen LogP contribution in [-0.2, 0) is 28.1 Å². The monoisotopic (exact) mass is 640 g/mol. The number of rotatable bonds is 1. The largest absolute Gasteiger partial charge is 0.363 e. The van der Waals surface area contributed by atoms with Crippen molar-refractivity contribution in [3.8, 4) is 0 Å². The molecule has 0 spiro atoms. The predicted molar refractivity (Wildman–Crippen MR) is 172 cm³/mol. The number of halogens is 2. The highest BCUT2D eigenvalue weighted by Crippen LogP contribution is 2.42. The Bertz CT molecular complexity index is 1630. The van der Waals surface area contributed by atoms with Crippen molar-refractivity contribution >= 4 is 33.6 Å². The molecule has 1 aromatic carbocycles. The van der Waals surface area contributed by atoms with Crippen LogP contribution in [0.4, 0.5) is 14.6 Å². The van der Waals surface area contributed by atoms with Crippen LogP contribution in [0.1, 0.15) is 74.1 Å². The van der Waals surface area contributed by atoms with E-state index in [1.54, 1.807) is 24.1 Å². The summed E-state index contributed by atoms with van der Waals surface area (Å²) in [5.41, 5.74) is 1.35. The van der Waals surface area contributed by atoms with Gasteiger partial charge in [0, 0.05) is 59.0 Å². The smallest absolute Gasteiger partial charge is 0.276 e. The van der Waals surface area contributed by atoms with Gasteiger partial charge in [-0.15, -0.1) is 0 Å². The summed E-state index contributed by atoms with van der Waals surface area (Å²) in [5.74, 6) is -2.44. The molecule has 6 heterocycles. The van der Waals surface area contributed by atoms with Crippen LogP contribution in [0.25, 0.3) is 11.0 Å². The first kappa shape index (κ1) is 31.7. The Balaban J connectivity index is 1.42. The molecule has 12 heteroatoms. The highest BCUT2D eigenvalue weighted by atomic mass is 32.2. The van der Waals surface area contributed by atoms with Gasteiger partial charge in [-0.2, -0.15) is 0 Å². The molecule has 8 bridgehead atoms. The van der Waals surface area contributed by atoms with Crippen LogP contribution in [0.15, 0.2) is 41.5 Å². The Kier molecular flexibility index (Phi) is 9.33. The van der Waals surface area contributed by atoms with Crippen molar-refractivity contribution in [3.05, 3.63) is 63.7 Å². The molecule has 0 radical (unpaired) electrons. The van der Waals surface area contributed by atoms with Gasteiger partial charge in [-0.05, 0) is 88.7 Å². The zero-order valence-corrected chi connectivity index (χ0v) is 26.8. The normalized spacial score (nSPS) is 28.0. The number of amides is 1. The van der Waals surface area contributed by atoms with Gasteiger partial charge in [-0.25, -0.2) is 18.7 Å². The molecule has 2 aromatic heterocycles. The Morgan fingerprint density at radius 3 is 2.47 bits per heavy atom. The number of piperidine rings is 1. The lowest BCUT2D eigenvalue weighted by atomic mass is 9.85. The quantitative estimate of drug-likeness (QED) is 0.414. The summed E-state index contributed by atoms with van der Waals surface area (Å²) in [7, 11) is 0.850. The van der Waals surface area contributed by atoms with E-state index in [9.17, 15) is 13.8 Å². The van der Waals surface area contributed by atoms with Crippen molar-refractivity contribution in [1.82, 2.24) is 24.3 Å². The lowest BCUT2D eigenvalue weighted by Gasteiger charge is -2.36. The van der Waals surface area contributed by atoms with Crippen LogP contribution in [0.5, 0.6) is 0 Å². The maximum absolute atomic E-state index is 15.9. The second-order valence-corrected chi connectivity index (χ2v) is 14.5. The number of nitrogens with zero attached hydrogens (tertiary/aromatic N) is 5. The van der Waals surface area contributed by atoms with Crippen LogP contribution in [-0.4, -0.2) is 79.2 Å². The minimum Gasteiger partial charge on any atom is -0.363 e. The summed E-state index contributed by atoms with van der Waals surface area (Å²) >= 11 is 0. The second-order valence-electron chi connectivity index (χ2n) is 12.8. The van der Waals surface area contributed by atoms with Crippen LogP contribution >= 0.6 is 0 Å². The Morgan fingerprint density at radius 2 is 1.71 bits per heavy atom. The Morgan fingerprint density at radius 1 is 0.978 bits per heavy atom. The van der Waals surface area contributed by atoms with Crippen molar-refractivity contribution in [2.75, 3.05) is 50.0 Å². The molecular formula is C33H42F2N6O3S. The third-order valence-electron chi connectivity index (χ3n) is 9.90. The molecule has 0 unspecified atom stereocenters. The maximum atomic E-state index is 15.9. The van der Waals surface area contributed by atoms with E-state index in [-0.39, 0.29) is 35.5 Å². The minimum absolute atomic E-state index is 0.0258. The van der Waals surface area contributed by atoms with Gasteiger partial charge < -0.3 is 15.1 Å². The lowest BCUT2D eigenvalue weighted by molar-refractivity contribution is -0.130. The molecule has 2 fully saturated rings. The minimum atomic E-state index is -2.94. The number of hydrogen-bond donors (Lipinski definition) is 1. The van der Waals surface area contributed by atoms with Crippen molar-refractivity contribution in [2.45, 2.75) is 69.9 Å². The lowest BCUT2D eigenvalue weighted by Crippen LogP contribution is -2.40. The summed E-state index contributed by atoms with van der Waals surface area (Å²) < 4.78 is 45.3. The van der Waals surface area contributed by atoms with E-state index in [2.05, 4.69) is 20.2 Å². The zero-order valence-electron chi connectivity index (χ0n) is 26.0. The number of carbonyl (C=O) groups is 1. The number of alkyl halides is 2. The molecular weight excluding hydrogens is 598 g/mol. The van der Waals surface area contributed by atoms with Gasteiger partial charge in [0.2, 0.25) is 5.91 Å². The third-order valence-corrected chi connectivity index (χ3v) is 11.3. The summed E-state index contributed by atoms with van der Waals surface area (Å²) in [4.78, 5) is 40.3. The molecule has 3 aromatic rings. The van der Waals surface area contributed by atoms with Gasteiger partial charge in [0.1, 0.15) is 24.3 Å². The van der Waals surface area contributed by atoms with E-state index in [4.69, 9.17) is 0 Å². The fraction of sp³-hybridized carbons (Fsp3) is 0.576. The number of anilines is 1. The topological polar surface area (TPSA) is 100 Å². The fourth-order valence-electron chi connectivity index (χ4n) is 6.99. The molecule has 45 heavy (non-hydrogen) atoms. The van der Waals surface area contributed by atoms with E-state index < -0.39 is 22.6 Å². The number of nitrogens with one attached hydrogen (secondary N) is 1. The first-order valence-corrected chi connectivity index (χ1v) is 17.5. The maximum Gasteiger partial charge on any atom is 0.276 e. The summed E-state index contributed by atoms with van der Waals surface area (Å²) in [6.45, 7) is 4.33. The molecule has 4 aliphatic heterocycles. The van der Waals surface area contributed by atoms with Gasteiger partial charge in [0.25, 0.3) is 11.5 Å². The number of carbonyl (C=O) groups excluding carboxylic acids is 1. The Labute approximate surface area is 264 Å². The van der Waals surface area contributed by atoms with Gasteiger partial charge in [-0.3, -0.25) is 18.4 Å². The second kappa shape index (κ2) is 13.2. The van der Waals surface area contributed by atoms with Crippen LogP contribution in [0.2, 0.25) is 0 Å². The van der Waals surface area contributed by atoms with Gasteiger partial charge in [0.05, 0.1) is 5.39 Å². The van der Waals surface area contributed by atoms with E-state index >= 15 is 8.78 Å². The van der Waals surface area contributed by atoms with Crippen LogP contribution in [0, 0.1) is 5.92 Å². The third kappa shape index (κ3) is 6.67.